The standard InChI is InChI=1S/C23H23F3N2.ClH/c24-23(25,26)19-7-3-6-18(13-19)22-14-17(11-10-16-5-4-12-27-15-16)20-8-1-2-9-21(20)28-22;/h1-3,6-9,13-14,16,27H,4-5,10-12,15H2;1H. The van der Waals surface area contributed by atoms with Crippen LogP contribution in [0.1, 0.15) is 30.4 Å². The number of nitrogens with one attached hydrogen (secondary N) is 1. The molecule has 4 rings (SSSR count). The number of hydrogen-bond donors (Lipinski definition) is 1. The Balaban J connectivity index is 0.00000240. The summed E-state index contributed by atoms with van der Waals surface area (Å²) in [5.41, 5.74) is 2.44. The predicted molar refractivity (Wildman–Crippen MR) is 113 cm³/mol. The topological polar surface area (TPSA) is 24.9 Å². The molecule has 0 aliphatic carbocycles. The summed E-state index contributed by atoms with van der Waals surface area (Å²) in [5.74, 6) is 0.651. The van der Waals surface area contributed by atoms with Gasteiger partial charge in [0.1, 0.15) is 0 Å². The van der Waals surface area contributed by atoms with E-state index >= 15 is 0 Å². The Morgan fingerprint density at radius 3 is 2.62 bits per heavy atom. The number of halogens is 4. The van der Waals surface area contributed by atoms with Crippen molar-refractivity contribution in [1.82, 2.24) is 10.3 Å². The van der Waals surface area contributed by atoms with Crippen LogP contribution in [0.25, 0.3) is 22.2 Å². The van der Waals surface area contributed by atoms with Crippen molar-refractivity contribution in [3.63, 3.8) is 0 Å². The third-order valence-corrected chi connectivity index (χ3v) is 5.51. The average Bonchev–Trinajstić information content (AvgIpc) is 2.72. The zero-order valence-corrected chi connectivity index (χ0v) is 16.8. The molecule has 2 aromatic carbocycles. The zero-order chi connectivity index (χ0) is 19.6. The first-order chi connectivity index (χ1) is 13.5. The minimum atomic E-state index is -4.36. The highest BCUT2D eigenvalue weighted by atomic mass is 35.5. The number of nitrogens with zero attached hydrogens (tertiary/aromatic N) is 1. The fraction of sp³-hybridized carbons (Fsp3) is 0.348. The van der Waals surface area contributed by atoms with Gasteiger partial charge in [-0.2, -0.15) is 13.2 Å². The zero-order valence-electron chi connectivity index (χ0n) is 16.0. The summed E-state index contributed by atoms with van der Waals surface area (Å²) in [4.78, 5) is 4.64. The van der Waals surface area contributed by atoms with Crippen LogP contribution in [-0.2, 0) is 12.6 Å². The maximum Gasteiger partial charge on any atom is 0.416 e. The first kappa shape index (κ1) is 21.6. The number of para-hydroxylation sites is 1. The molecule has 1 saturated heterocycles. The van der Waals surface area contributed by atoms with E-state index < -0.39 is 11.7 Å². The summed E-state index contributed by atoms with van der Waals surface area (Å²) in [6, 6.07) is 15.3. The quantitative estimate of drug-likeness (QED) is 0.537. The molecule has 2 nitrogen and oxygen atoms in total. The van der Waals surface area contributed by atoms with Crippen LogP contribution in [0.15, 0.2) is 54.6 Å². The van der Waals surface area contributed by atoms with Gasteiger partial charge in [-0.05, 0) is 74.5 Å². The summed E-state index contributed by atoms with van der Waals surface area (Å²) < 4.78 is 39.3. The lowest BCUT2D eigenvalue weighted by atomic mass is 9.91. The van der Waals surface area contributed by atoms with Gasteiger partial charge < -0.3 is 5.32 Å². The number of piperidine rings is 1. The van der Waals surface area contributed by atoms with Crippen molar-refractivity contribution in [2.45, 2.75) is 31.9 Å². The summed E-state index contributed by atoms with van der Waals surface area (Å²) in [5, 5.41) is 4.53. The van der Waals surface area contributed by atoms with Crippen molar-refractivity contribution in [3.05, 3.63) is 65.7 Å². The average molecular weight is 421 g/mol. The van der Waals surface area contributed by atoms with Crippen molar-refractivity contribution in [3.8, 4) is 11.3 Å². The smallest absolute Gasteiger partial charge is 0.316 e. The highest BCUT2D eigenvalue weighted by Crippen LogP contribution is 2.33. The second-order valence-electron chi connectivity index (χ2n) is 7.51. The van der Waals surface area contributed by atoms with Gasteiger partial charge in [0, 0.05) is 10.9 Å². The lowest BCUT2D eigenvalue weighted by molar-refractivity contribution is -0.137. The van der Waals surface area contributed by atoms with E-state index in [2.05, 4.69) is 10.3 Å². The van der Waals surface area contributed by atoms with Crippen LogP contribution in [0.5, 0.6) is 0 Å². The van der Waals surface area contributed by atoms with Crippen LogP contribution in [0, 0.1) is 5.92 Å². The highest BCUT2D eigenvalue weighted by molar-refractivity contribution is 5.85. The molecule has 0 amide bonds. The Morgan fingerprint density at radius 1 is 1.03 bits per heavy atom. The third-order valence-electron chi connectivity index (χ3n) is 5.51. The van der Waals surface area contributed by atoms with E-state index in [-0.39, 0.29) is 12.4 Å². The van der Waals surface area contributed by atoms with Gasteiger partial charge >= 0.3 is 6.18 Å². The minimum absolute atomic E-state index is 0. The molecule has 1 unspecified atom stereocenters. The van der Waals surface area contributed by atoms with Crippen LogP contribution in [0.4, 0.5) is 13.2 Å². The number of fused-ring (bicyclic) bond motifs is 1. The van der Waals surface area contributed by atoms with E-state index in [1.165, 1.54) is 25.0 Å². The molecule has 0 saturated carbocycles. The number of pyridine rings is 1. The van der Waals surface area contributed by atoms with Gasteiger partial charge in [0.05, 0.1) is 16.8 Å². The maximum absolute atomic E-state index is 13.1. The molecular weight excluding hydrogens is 397 g/mol. The van der Waals surface area contributed by atoms with Crippen molar-refractivity contribution in [1.29, 1.82) is 0 Å². The number of aromatic nitrogens is 1. The molecule has 1 atom stereocenters. The van der Waals surface area contributed by atoms with Crippen LogP contribution < -0.4 is 5.32 Å². The Bertz CT molecular complexity index is 966. The maximum atomic E-state index is 13.1. The molecule has 3 aromatic rings. The number of hydrogen-bond acceptors (Lipinski definition) is 2. The van der Waals surface area contributed by atoms with Crippen LogP contribution in [-0.4, -0.2) is 18.1 Å². The number of aryl methyl sites for hydroxylation is 1. The van der Waals surface area contributed by atoms with Gasteiger partial charge in [0.2, 0.25) is 0 Å². The Kier molecular flexibility index (Phi) is 6.81. The SMILES string of the molecule is Cl.FC(F)(F)c1cccc(-c2cc(CCC3CCCNC3)c3ccccc3n2)c1. The molecule has 1 aliphatic rings. The summed E-state index contributed by atoms with van der Waals surface area (Å²) in [6.07, 6.45) is 0.0573. The molecule has 1 aromatic heterocycles. The first-order valence-electron chi connectivity index (χ1n) is 9.78. The largest absolute Gasteiger partial charge is 0.416 e. The summed E-state index contributed by atoms with van der Waals surface area (Å²) in [6.45, 7) is 2.14. The third kappa shape index (κ3) is 5.09. The van der Waals surface area contributed by atoms with E-state index in [4.69, 9.17) is 0 Å². The van der Waals surface area contributed by atoms with Gasteiger partial charge in [-0.25, -0.2) is 4.98 Å². The van der Waals surface area contributed by atoms with Gasteiger partial charge in [-0.15, -0.1) is 12.4 Å². The van der Waals surface area contributed by atoms with Crippen LogP contribution >= 0.6 is 12.4 Å². The number of benzene rings is 2. The molecule has 6 heteroatoms. The number of rotatable bonds is 4. The van der Waals surface area contributed by atoms with Crippen LogP contribution in [0.3, 0.4) is 0 Å². The van der Waals surface area contributed by atoms with Gasteiger partial charge in [0.25, 0.3) is 0 Å². The molecule has 1 aliphatic heterocycles. The van der Waals surface area contributed by atoms with E-state index in [1.807, 2.05) is 30.3 Å². The molecule has 2 heterocycles. The number of alkyl halides is 3. The van der Waals surface area contributed by atoms with Crippen LogP contribution in [0.2, 0.25) is 0 Å². The molecule has 29 heavy (non-hydrogen) atoms. The van der Waals surface area contributed by atoms with Crippen molar-refractivity contribution < 1.29 is 13.2 Å². The van der Waals surface area contributed by atoms with E-state index in [0.29, 0.717) is 17.2 Å². The Morgan fingerprint density at radius 2 is 1.86 bits per heavy atom. The summed E-state index contributed by atoms with van der Waals surface area (Å²) in [7, 11) is 0. The van der Waals surface area contributed by atoms with E-state index in [0.717, 1.165) is 48.5 Å². The van der Waals surface area contributed by atoms with Crippen molar-refractivity contribution in [2.24, 2.45) is 5.92 Å². The predicted octanol–water partition coefficient (Wildman–Crippen LogP) is 6.27. The first-order valence-corrected chi connectivity index (χ1v) is 9.78. The summed E-state index contributed by atoms with van der Waals surface area (Å²) >= 11 is 0. The fourth-order valence-electron chi connectivity index (χ4n) is 3.99. The van der Waals surface area contributed by atoms with E-state index in [9.17, 15) is 13.2 Å². The second kappa shape index (κ2) is 9.14. The molecule has 0 bridgehead atoms. The molecular formula is C23H24ClF3N2. The molecule has 1 fully saturated rings. The lowest BCUT2D eigenvalue weighted by Gasteiger charge is -2.23. The van der Waals surface area contributed by atoms with Crippen molar-refractivity contribution in [2.75, 3.05) is 13.1 Å². The van der Waals surface area contributed by atoms with Crippen molar-refractivity contribution >= 4 is 23.3 Å². The molecule has 0 radical (unpaired) electrons. The normalized spacial score (nSPS) is 17.1. The van der Waals surface area contributed by atoms with E-state index in [1.54, 1.807) is 6.07 Å². The highest BCUT2D eigenvalue weighted by Gasteiger charge is 2.30. The fourth-order valence-corrected chi connectivity index (χ4v) is 3.99. The molecule has 154 valence electrons. The Hall–Kier alpha value is -2.11. The molecule has 1 N–H and O–H groups in total. The Labute approximate surface area is 175 Å². The van der Waals surface area contributed by atoms with Gasteiger partial charge in [-0.1, -0.05) is 30.3 Å². The lowest BCUT2D eigenvalue weighted by Crippen LogP contribution is -2.29. The molecule has 0 spiro atoms. The minimum Gasteiger partial charge on any atom is -0.316 e. The second-order valence-corrected chi connectivity index (χ2v) is 7.51. The monoisotopic (exact) mass is 420 g/mol. The van der Waals surface area contributed by atoms with Gasteiger partial charge in [0.15, 0.2) is 0 Å². The van der Waals surface area contributed by atoms with Gasteiger partial charge in [-0.3, -0.25) is 0 Å².